The zero-order valence-electron chi connectivity index (χ0n) is 14.3. The number of halogens is 1. The number of carbonyl (C=O) groups is 1. The van der Waals surface area contributed by atoms with Gasteiger partial charge in [-0.05, 0) is 24.5 Å². The number of urea groups is 1. The van der Waals surface area contributed by atoms with Crippen molar-refractivity contribution < 1.29 is 13.9 Å². The number of nitrogens with zero attached hydrogens (tertiary/aromatic N) is 3. The van der Waals surface area contributed by atoms with Gasteiger partial charge >= 0.3 is 6.03 Å². The van der Waals surface area contributed by atoms with E-state index in [1.54, 1.807) is 36.8 Å². The minimum absolute atomic E-state index is 0.00794. The number of carbonyl (C=O) groups excluding carboxylic acids is 1. The monoisotopic (exact) mass is 346 g/mol. The first kappa shape index (κ1) is 17.3. The van der Waals surface area contributed by atoms with Crippen molar-refractivity contribution in [3.05, 3.63) is 43.0 Å². The number of hydrogen-bond acceptors (Lipinski definition) is 3. The second kappa shape index (κ2) is 8.00. The molecule has 1 N–H and O–H groups in total. The van der Waals surface area contributed by atoms with E-state index in [0.717, 1.165) is 13.0 Å². The number of imidazole rings is 1. The molecule has 134 valence electrons. The Hall–Kier alpha value is -2.57. The molecule has 2 amide bonds. The number of hydrogen-bond donors (Lipinski definition) is 1. The Balaban J connectivity index is 1.63. The number of alkyl halides is 1. The Labute approximate surface area is 146 Å². The lowest BCUT2D eigenvalue weighted by molar-refractivity contribution is 0.149. The Bertz CT molecular complexity index is 692. The van der Waals surface area contributed by atoms with Gasteiger partial charge in [-0.2, -0.15) is 0 Å². The summed E-state index contributed by atoms with van der Waals surface area (Å²) in [4.78, 5) is 18.5. The van der Waals surface area contributed by atoms with Gasteiger partial charge in [-0.25, -0.2) is 14.2 Å². The molecule has 1 saturated heterocycles. The molecule has 3 rings (SSSR count). The van der Waals surface area contributed by atoms with Crippen molar-refractivity contribution >= 4 is 11.7 Å². The first-order valence-corrected chi connectivity index (χ1v) is 8.49. The lowest BCUT2D eigenvalue weighted by Crippen LogP contribution is -2.45. The first-order valence-electron chi connectivity index (χ1n) is 8.49. The molecular formula is C18H23FN4O2. The number of aromatic nitrogens is 2. The topological polar surface area (TPSA) is 59.4 Å². The van der Waals surface area contributed by atoms with Crippen LogP contribution in [0.4, 0.5) is 14.9 Å². The molecule has 0 radical (unpaired) electrons. The molecule has 1 aliphatic rings. The summed E-state index contributed by atoms with van der Waals surface area (Å²) >= 11 is 0. The van der Waals surface area contributed by atoms with Crippen molar-refractivity contribution in [1.82, 2.24) is 14.5 Å². The maximum Gasteiger partial charge on any atom is 0.321 e. The van der Waals surface area contributed by atoms with Crippen LogP contribution >= 0.6 is 0 Å². The normalized spacial score (nSPS) is 20.3. The van der Waals surface area contributed by atoms with Gasteiger partial charge in [-0.3, -0.25) is 0 Å². The van der Waals surface area contributed by atoms with E-state index in [4.69, 9.17) is 4.74 Å². The van der Waals surface area contributed by atoms with Gasteiger partial charge in [0, 0.05) is 37.2 Å². The zero-order valence-corrected chi connectivity index (χ0v) is 14.3. The molecule has 0 aliphatic carbocycles. The lowest BCUT2D eigenvalue weighted by Gasteiger charge is -2.37. The molecular weight excluding hydrogens is 323 g/mol. The average Bonchev–Trinajstić information content (AvgIpc) is 3.15. The maximum absolute atomic E-state index is 12.6. The third kappa shape index (κ3) is 4.29. The van der Waals surface area contributed by atoms with E-state index in [0.29, 0.717) is 23.9 Å². The summed E-state index contributed by atoms with van der Waals surface area (Å²) in [6.45, 7) is 3.02. The fourth-order valence-electron chi connectivity index (χ4n) is 3.11. The fraction of sp³-hybridized carbons (Fsp3) is 0.444. The Morgan fingerprint density at radius 3 is 3.12 bits per heavy atom. The number of likely N-dealkylation sites (tertiary alicyclic amines) is 1. The van der Waals surface area contributed by atoms with E-state index in [9.17, 15) is 9.18 Å². The molecule has 0 bridgehead atoms. The molecule has 25 heavy (non-hydrogen) atoms. The molecule has 1 fully saturated rings. The lowest BCUT2D eigenvalue weighted by atomic mass is 9.93. The van der Waals surface area contributed by atoms with Gasteiger partial charge < -0.3 is 19.5 Å². The van der Waals surface area contributed by atoms with Gasteiger partial charge in [-0.1, -0.05) is 13.0 Å². The molecule has 2 heterocycles. The van der Waals surface area contributed by atoms with Gasteiger partial charge in [0.05, 0.1) is 12.4 Å². The van der Waals surface area contributed by atoms with Gasteiger partial charge in [0.2, 0.25) is 0 Å². The molecule has 1 aromatic heterocycles. The Morgan fingerprint density at radius 2 is 2.36 bits per heavy atom. The van der Waals surface area contributed by atoms with Crippen LogP contribution in [0.25, 0.3) is 0 Å². The van der Waals surface area contributed by atoms with Crippen molar-refractivity contribution in [3.63, 3.8) is 0 Å². The van der Waals surface area contributed by atoms with Crippen LogP contribution in [-0.4, -0.2) is 46.9 Å². The molecule has 6 nitrogen and oxygen atoms in total. The van der Waals surface area contributed by atoms with Crippen molar-refractivity contribution in [2.24, 2.45) is 5.92 Å². The summed E-state index contributed by atoms with van der Waals surface area (Å²) in [5.74, 6) is 1.02. The van der Waals surface area contributed by atoms with Crippen molar-refractivity contribution in [2.75, 3.05) is 31.7 Å². The second-order valence-electron chi connectivity index (χ2n) is 6.28. The largest absolute Gasteiger partial charge is 0.491 e. The van der Waals surface area contributed by atoms with Crippen molar-refractivity contribution in [3.8, 4) is 5.75 Å². The van der Waals surface area contributed by atoms with E-state index < -0.39 is 6.67 Å². The Morgan fingerprint density at radius 1 is 1.48 bits per heavy atom. The second-order valence-corrected chi connectivity index (χ2v) is 6.28. The number of benzene rings is 1. The third-order valence-corrected chi connectivity index (χ3v) is 4.54. The highest BCUT2D eigenvalue weighted by Gasteiger charge is 2.29. The van der Waals surface area contributed by atoms with E-state index >= 15 is 0 Å². The van der Waals surface area contributed by atoms with Crippen LogP contribution in [0.5, 0.6) is 5.75 Å². The van der Waals surface area contributed by atoms with Gasteiger partial charge in [0.1, 0.15) is 19.0 Å². The smallest absolute Gasteiger partial charge is 0.321 e. The number of rotatable bonds is 5. The van der Waals surface area contributed by atoms with Gasteiger partial charge in [-0.15, -0.1) is 0 Å². The number of piperidine rings is 1. The van der Waals surface area contributed by atoms with E-state index in [1.165, 1.54) is 0 Å². The molecule has 7 heteroatoms. The predicted octanol–water partition coefficient (Wildman–Crippen LogP) is 3.35. The van der Waals surface area contributed by atoms with Gasteiger partial charge in [0.15, 0.2) is 0 Å². The predicted molar refractivity (Wildman–Crippen MR) is 93.5 cm³/mol. The van der Waals surface area contributed by atoms with Crippen molar-refractivity contribution in [2.45, 2.75) is 19.4 Å². The van der Waals surface area contributed by atoms with Gasteiger partial charge in [0.25, 0.3) is 0 Å². The first-order chi connectivity index (χ1) is 12.2. The number of amides is 2. The fourth-order valence-corrected chi connectivity index (χ4v) is 3.11. The van der Waals surface area contributed by atoms with E-state index in [1.807, 2.05) is 11.1 Å². The maximum atomic E-state index is 12.6. The SMILES string of the molecule is C[C@@H]1CCN(C(=O)Nc2cccc(OCCF)c2)C[C@H]1n1ccnc1. The summed E-state index contributed by atoms with van der Waals surface area (Å²) in [7, 11) is 0. The van der Waals surface area contributed by atoms with E-state index in [2.05, 4.69) is 21.8 Å². The van der Waals surface area contributed by atoms with Crippen LogP contribution in [0.1, 0.15) is 19.4 Å². The molecule has 0 saturated carbocycles. The number of anilines is 1. The van der Waals surface area contributed by atoms with Crippen LogP contribution in [0, 0.1) is 5.92 Å². The Kier molecular flexibility index (Phi) is 5.53. The van der Waals surface area contributed by atoms with E-state index in [-0.39, 0.29) is 18.7 Å². The zero-order chi connectivity index (χ0) is 17.6. The molecule has 1 aromatic carbocycles. The highest BCUT2D eigenvalue weighted by molar-refractivity contribution is 5.89. The number of nitrogens with one attached hydrogen (secondary N) is 1. The molecule has 2 atom stereocenters. The third-order valence-electron chi connectivity index (χ3n) is 4.54. The summed E-state index contributed by atoms with van der Waals surface area (Å²) in [6, 6.07) is 7.09. The average molecular weight is 346 g/mol. The van der Waals surface area contributed by atoms with Crippen LogP contribution in [0.3, 0.4) is 0 Å². The van der Waals surface area contributed by atoms with Crippen molar-refractivity contribution in [1.29, 1.82) is 0 Å². The highest BCUT2D eigenvalue weighted by Crippen LogP contribution is 2.28. The molecule has 2 aromatic rings. The minimum Gasteiger partial charge on any atom is -0.491 e. The standard InChI is InChI=1S/C18H23FN4O2/c1-14-5-8-22(12-17(14)23-9-7-20-13-23)18(24)21-15-3-2-4-16(11-15)25-10-6-19/h2-4,7,9,11,13-14,17H,5-6,8,10,12H2,1H3,(H,21,24)/t14-,17-/m1/s1. The molecule has 0 spiro atoms. The summed E-state index contributed by atoms with van der Waals surface area (Å²) < 4.78 is 19.5. The van der Waals surface area contributed by atoms with Crippen LogP contribution in [-0.2, 0) is 0 Å². The van der Waals surface area contributed by atoms with Crippen LogP contribution in [0.2, 0.25) is 0 Å². The number of ether oxygens (including phenoxy) is 1. The molecule has 0 unspecified atom stereocenters. The minimum atomic E-state index is -0.543. The molecule has 1 aliphatic heterocycles. The quantitative estimate of drug-likeness (QED) is 0.903. The van der Waals surface area contributed by atoms with Crippen LogP contribution < -0.4 is 10.1 Å². The summed E-state index contributed by atoms with van der Waals surface area (Å²) in [5, 5.41) is 2.90. The van der Waals surface area contributed by atoms with Crippen LogP contribution in [0.15, 0.2) is 43.0 Å². The summed E-state index contributed by atoms with van der Waals surface area (Å²) in [5.41, 5.74) is 0.638. The highest BCUT2D eigenvalue weighted by atomic mass is 19.1. The summed E-state index contributed by atoms with van der Waals surface area (Å²) in [6.07, 6.45) is 6.44.